The molecule has 0 fully saturated rings. The first-order valence-corrected chi connectivity index (χ1v) is 9.67. The maximum Gasteiger partial charge on any atom is 0.305 e. The van der Waals surface area contributed by atoms with Gasteiger partial charge in [0.05, 0.1) is 13.2 Å². The SMILES string of the molecule is CC/C=C\CC(O)CC=C1/C(=N\OC)C=CC1C/C=C\CCCC(=O)OC. The van der Waals surface area contributed by atoms with Gasteiger partial charge in [0.2, 0.25) is 0 Å². The van der Waals surface area contributed by atoms with Crippen LogP contribution in [-0.2, 0) is 14.4 Å². The van der Waals surface area contributed by atoms with Crippen molar-refractivity contribution in [3.63, 3.8) is 0 Å². The zero-order valence-electron chi connectivity index (χ0n) is 16.8. The van der Waals surface area contributed by atoms with Crippen LogP contribution in [0.3, 0.4) is 0 Å². The van der Waals surface area contributed by atoms with Gasteiger partial charge >= 0.3 is 5.97 Å². The number of carbonyl (C=O) groups excluding carboxylic acids is 1. The molecule has 0 heterocycles. The van der Waals surface area contributed by atoms with Crippen molar-refractivity contribution in [2.24, 2.45) is 11.1 Å². The van der Waals surface area contributed by atoms with E-state index in [9.17, 15) is 9.90 Å². The highest BCUT2D eigenvalue weighted by Gasteiger charge is 2.21. The highest BCUT2D eigenvalue weighted by molar-refractivity contribution is 6.11. The Morgan fingerprint density at radius 1 is 1.26 bits per heavy atom. The van der Waals surface area contributed by atoms with Crippen LogP contribution in [0.15, 0.2) is 53.3 Å². The van der Waals surface area contributed by atoms with Crippen LogP contribution >= 0.6 is 0 Å². The number of carbonyl (C=O) groups is 1. The fraction of sp³-hybridized carbons (Fsp3) is 0.545. The smallest absolute Gasteiger partial charge is 0.305 e. The van der Waals surface area contributed by atoms with E-state index in [-0.39, 0.29) is 18.0 Å². The van der Waals surface area contributed by atoms with E-state index in [1.807, 2.05) is 12.2 Å². The number of hydrogen-bond donors (Lipinski definition) is 1. The van der Waals surface area contributed by atoms with Crippen molar-refractivity contribution >= 4 is 11.7 Å². The van der Waals surface area contributed by atoms with E-state index in [0.29, 0.717) is 19.3 Å². The van der Waals surface area contributed by atoms with E-state index < -0.39 is 0 Å². The van der Waals surface area contributed by atoms with Gasteiger partial charge in [-0.2, -0.15) is 0 Å². The third-order valence-electron chi connectivity index (χ3n) is 4.33. The van der Waals surface area contributed by atoms with Crippen LogP contribution in [0.4, 0.5) is 0 Å². The standard InChI is InChI=1S/C22H33NO4/c1-4-5-8-12-19(24)15-16-20-18(14-17-21(20)23-27-3)11-9-6-7-10-13-22(25)26-2/h5-6,8-9,14,16-19,24H,4,7,10-13,15H2,1-3H3/b8-5-,9-6-,20-16?,23-21-. The van der Waals surface area contributed by atoms with Crippen LogP contribution in [0.1, 0.15) is 51.9 Å². The summed E-state index contributed by atoms with van der Waals surface area (Å²) < 4.78 is 4.63. The highest BCUT2D eigenvalue weighted by Crippen LogP contribution is 2.27. The summed E-state index contributed by atoms with van der Waals surface area (Å²) in [4.78, 5) is 16.0. The molecule has 150 valence electrons. The second kappa shape index (κ2) is 14.0. The number of aliphatic hydroxyl groups excluding tert-OH is 1. The highest BCUT2D eigenvalue weighted by atomic mass is 16.6. The Bertz CT molecular complexity index is 587. The Morgan fingerprint density at radius 3 is 2.78 bits per heavy atom. The van der Waals surface area contributed by atoms with Crippen LogP contribution in [0.5, 0.6) is 0 Å². The summed E-state index contributed by atoms with van der Waals surface area (Å²) in [5, 5.41) is 14.2. The minimum Gasteiger partial charge on any atom is -0.469 e. The summed E-state index contributed by atoms with van der Waals surface area (Å²) in [6, 6.07) is 0. The van der Waals surface area contributed by atoms with Gasteiger partial charge in [-0.05, 0) is 50.2 Å². The van der Waals surface area contributed by atoms with Crippen LogP contribution in [0.25, 0.3) is 0 Å². The van der Waals surface area contributed by atoms with Gasteiger partial charge in [-0.15, -0.1) is 0 Å². The van der Waals surface area contributed by atoms with Gasteiger partial charge in [-0.25, -0.2) is 0 Å². The summed E-state index contributed by atoms with van der Waals surface area (Å²) in [5.74, 6) is 0.0641. The molecule has 0 aromatic heterocycles. The van der Waals surface area contributed by atoms with Crippen molar-refractivity contribution in [1.82, 2.24) is 0 Å². The fourth-order valence-electron chi connectivity index (χ4n) is 2.85. The summed E-state index contributed by atoms with van der Waals surface area (Å²) in [6.07, 6.45) is 19.3. The fourth-order valence-corrected chi connectivity index (χ4v) is 2.85. The second-order valence-electron chi connectivity index (χ2n) is 6.46. The van der Waals surface area contributed by atoms with Gasteiger partial charge in [0, 0.05) is 12.3 Å². The van der Waals surface area contributed by atoms with Crippen LogP contribution in [0.2, 0.25) is 0 Å². The molecule has 27 heavy (non-hydrogen) atoms. The average molecular weight is 376 g/mol. The van der Waals surface area contributed by atoms with Crippen molar-refractivity contribution in [3.05, 3.63) is 48.1 Å². The molecule has 2 atom stereocenters. The number of nitrogens with zero attached hydrogens (tertiary/aromatic N) is 1. The van der Waals surface area contributed by atoms with Crippen molar-refractivity contribution in [1.29, 1.82) is 0 Å². The zero-order valence-corrected chi connectivity index (χ0v) is 16.8. The molecule has 5 heteroatoms. The molecule has 0 aromatic carbocycles. The molecule has 0 saturated carbocycles. The monoisotopic (exact) mass is 375 g/mol. The van der Waals surface area contributed by atoms with Crippen molar-refractivity contribution < 1.29 is 19.5 Å². The molecule has 0 spiro atoms. The van der Waals surface area contributed by atoms with E-state index in [1.54, 1.807) is 0 Å². The maximum atomic E-state index is 11.1. The molecule has 0 radical (unpaired) electrons. The molecule has 0 aromatic rings. The van der Waals surface area contributed by atoms with Gasteiger partial charge in [0.1, 0.15) is 12.8 Å². The average Bonchev–Trinajstić information content (AvgIpc) is 3.04. The number of ether oxygens (including phenoxy) is 1. The Kier molecular flexibility index (Phi) is 11.9. The molecule has 2 unspecified atom stereocenters. The molecule has 0 saturated heterocycles. The first-order valence-electron chi connectivity index (χ1n) is 9.67. The predicted octanol–water partition coefficient (Wildman–Crippen LogP) is 4.50. The first-order chi connectivity index (χ1) is 13.1. The largest absolute Gasteiger partial charge is 0.469 e. The maximum absolute atomic E-state index is 11.1. The number of allylic oxidation sites excluding steroid dienone is 6. The van der Waals surface area contributed by atoms with E-state index >= 15 is 0 Å². The number of methoxy groups -OCH3 is 1. The minimum atomic E-state index is -0.390. The molecule has 0 bridgehead atoms. The van der Waals surface area contributed by atoms with Gasteiger partial charge in [0.25, 0.3) is 0 Å². The number of rotatable bonds is 12. The van der Waals surface area contributed by atoms with Gasteiger partial charge in [-0.1, -0.05) is 48.5 Å². The van der Waals surface area contributed by atoms with Crippen LogP contribution < -0.4 is 0 Å². The van der Waals surface area contributed by atoms with E-state index in [0.717, 1.165) is 37.0 Å². The molecular weight excluding hydrogens is 342 g/mol. The number of esters is 1. The minimum absolute atomic E-state index is 0.167. The number of hydrogen-bond acceptors (Lipinski definition) is 5. The quantitative estimate of drug-likeness (QED) is 0.236. The van der Waals surface area contributed by atoms with Crippen LogP contribution in [-0.4, -0.2) is 37.1 Å². The Labute approximate surface area is 163 Å². The van der Waals surface area contributed by atoms with Gasteiger partial charge in [0.15, 0.2) is 0 Å². The molecule has 1 aliphatic carbocycles. The lowest BCUT2D eigenvalue weighted by Crippen LogP contribution is -2.07. The number of unbranched alkanes of at least 4 members (excludes halogenated alkanes) is 1. The van der Waals surface area contributed by atoms with Crippen molar-refractivity contribution in [2.45, 2.75) is 58.0 Å². The first kappa shape index (κ1) is 22.9. The number of oxime groups is 1. The molecule has 1 rings (SSSR count). The molecule has 5 nitrogen and oxygen atoms in total. The third-order valence-corrected chi connectivity index (χ3v) is 4.33. The van der Waals surface area contributed by atoms with Crippen molar-refractivity contribution in [2.75, 3.05) is 14.2 Å². The normalized spacial score (nSPS) is 21.0. The Hall–Kier alpha value is -2.14. The summed E-state index contributed by atoms with van der Waals surface area (Å²) in [5.41, 5.74) is 1.91. The molecule has 0 aliphatic heterocycles. The van der Waals surface area contributed by atoms with E-state index in [1.165, 1.54) is 14.2 Å². The topological polar surface area (TPSA) is 68.1 Å². The van der Waals surface area contributed by atoms with Gasteiger partial charge in [-0.3, -0.25) is 4.79 Å². The molecular formula is C22H33NO4. The zero-order chi connectivity index (χ0) is 19.9. The Morgan fingerprint density at radius 2 is 2.07 bits per heavy atom. The van der Waals surface area contributed by atoms with E-state index in [4.69, 9.17) is 4.84 Å². The summed E-state index contributed by atoms with van der Waals surface area (Å²) >= 11 is 0. The molecule has 1 aliphatic rings. The van der Waals surface area contributed by atoms with E-state index in [2.05, 4.69) is 47.2 Å². The lowest BCUT2D eigenvalue weighted by molar-refractivity contribution is -0.140. The second-order valence-corrected chi connectivity index (χ2v) is 6.46. The van der Waals surface area contributed by atoms with Gasteiger partial charge < -0.3 is 14.7 Å². The lowest BCUT2D eigenvalue weighted by atomic mass is 9.95. The number of aliphatic hydroxyl groups is 1. The summed E-state index contributed by atoms with van der Waals surface area (Å²) in [7, 11) is 2.95. The summed E-state index contributed by atoms with van der Waals surface area (Å²) in [6.45, 7) is 2.08. The lowest BCUT2D eigenvalue weighted by Gasteiger charge is -2.11. The Balaban J connectivity index is 2.57. The molecule has 0 amide bonds. The molecule has 1 N–H and O–H groups in total. The van der Waals surface area contributed by atoms with Crippen LogP contribution in [0, 0.1) is 5.92 Å². The predicted molar refractivity (Wildman–Crippen MR) is 109 cm³/mol. The third kappa shape index (κ3) is 9.38. The van der Waals surface area contributed by atoms with Crippen molar-refractivity contribution in [3.8, 4) is 0 Å².